The number of nitro groups is 2. The molecule has 0 aromatic heterocycles. The first-order valence-electron chi connectivity index (χ1n) is 12.9. The van der Waals surface area contributed by atoms with E-state index in [0.717, 1.165) is 56.3 Å². The Balaban J connectivity index is 0.000000282. The number of hydrogen-bond acceptors (Lipinski definition) is 10. The van der Waals surface area contributed by atoms with Crippen molar-refractivity contribution in [1.29, 1.82) is 0 Å². The number of benzene rings is 4. The van der Waals surface area contributed by atoms with Gasteiger partial charge in [-0.25, -0.2) is 9.59 Å². The zero-order valence-corrected chi connectivity index (χ0v) is 27.2. The summed E-state index contributed by atoms with van der Waals surface area (Å²) in [6.45, 7) is 0. The lowest BCUT2D eigenvalue weighted by atomic mass is 10.2. The summed E-state index contributed by atoms with van der Waals surface area (Å²) in [5.41, 5.74) is -2.78. The number of nitrogens with zero attached hydrogens (tertiary/aromatic N) is 2. The molecular weight excluding hydrogens is 730 g/mol. The van der Waals surface area contributed by atoms with Crippen LogP contribution in [-0.4, -0.2) is 36.0 Å². The molecule has 0 radical (unpaired) electrons. The maximum absolute atomic E-state index is 13.0. The van der Waals surface area contributed by atoms with Crippen LogP contribution in [0.2, 0.25) is 5.02 Å². The van der Waals surface area contributed by atoms with Crippen LogP contribution in [-0.2, 0) is 21.8 Å². The average Bonchev–Trinajstić information content (AvgIpc) is 3.03. The monoisotopic (exact) mass is 750 g/mol. The highest BCUT2D eigenvalue weighted by Gasteiger charge is 2.34. The van der Waals surface area contributed by atoms with Crippen LogP contribution in [0, 0.1) is 20.2 Å². The Morgan fingerprint density at radius 2 is 1.16 bits per heavy atom. The van der Waals surface area contributed by atoms with E-state index in [9.17, 15) is 56.2 Å². The molecule has 4 rings (SSSR count). The van der Waals surface area contributed by atoms with E-state index in [-0.39, 0.29) is 36.5 Å². The van der Waals surface area contributed by atoms with Gasteiger partial charge >= 0.3 is 24.3 Å². The molecule has 10 nitrogen and oxygen atoms in total. The fourth-order valence-corrected chi connectivity index (χ4v) is 5.05. The first-order valence-corrected chi connectivity index (χ1v) is 14.5. The molecule has 0 saturated carbocycles. The van der Waals surface area contributed by atoms with Gasteiger partial charge in [0.2, 0.25) is 0 Å². The smallest absolute Gasteiger partial charge is 0.417 e. The number of methoxy groups -OCH3 is 2. The number of nitro benzene ring substituents is 2. The fourth-order valence-electron chi connectivity index (χ4n) is 3.58. The molecule has 0 spiro atoms. The maximum atomic E-state index is 13.0. The van der Waals surface area contributed by atoms with Crippen LogP contribution in [0.5, 0.6) is 0 Å². The molecule has 4 aromatic rings. The van der Waals surface area contributed by atoms with Crippen molar-refractivity contribution >= 4 is 59.3 Å². The molecule has 260 valence electrons. The first kappa shape index (κ1) is 40.4. The highest BCUT2D eigenvalue weighted by Crippen LogP contribution is 2.40. The normalized spacial score (nSPS) is 10.8. The van der Waals surface area contributed by atoms with Gasteiger partial charge in [0.05, 0.1) is 35.2 Å². The third-order valence-electron chi connectivity index (χ3n) is 5.76. The van der Waals surface area contributed by atoms with Gasteiger partial charge in [-0.15, -0.1) is 12.6 Å². The minimum atomic E-state index is -4.53. The third-order valence-corrected chi connectivity index (χ3v) is 7.45. The molecule has 0 unspecified atom stereocenters. The first-order chi connectivity index (χ1) is 22.8. The molecule has 0 N–H and O–H groups in total. The van der Waals surface area contributed by atoms with Crippen LogP contribution in [0.1, 0.15) is 31.8 Å². The average molecular weight is 751 g/mol. The van der Waals surface area contributed by atoms with E-state index in [4.69, 9.17) is 11.6 Å². The molecule has 0 heterocycles. The second-order valence-corrected chi connectivity index (χ2v) is 11.0. The van der Waals surface area contributed by atoms with Crippen molar-refractivity contribution in [3.05, 3.63) is 132 Å². The minimum absolute atomic E-state index is 0.0417. The lowest BCUT2D eigenvalue weighted by Crippen LogP contribution is -2.07. The minimum Gasteiger partial charge on any atom is -0.465 e. The van der Waals surface area contributed by atoms with Gasteiger partial charge < -0.3 is 9.47 Å². The summed E-state index contributed by atoms with van der Waals surface area (Å²) in [5.74, 6) is -1.72. The van der Waals surface area contributed by atoms with Gasteiger partial charge in [0.15, 0.2) is 0 Å². The summed E-state index contributed by atoms with van der Waals surface area (Å²) in [5, 5.41) is 21.7. The number of ether oxygens (including phenoxy) is 2. The number of halogens is 7. The van der Waals surface area contributed by atoms with Crippen LogP contribution in [0.4, 0.5) is 37.7 Å². The van der Waals surface area contributed by atoms with Gasteiger partial charge in [0.1, 0.15) is 11.1 Å². The van der Waals surface area contributed by atoms with E-state index in [1.807, 2.05) is 0 Å². The molecule has 0 amide bonds. The Labute approximate surface area is 287 Å². The van der Waals surface area contributed by atoms with E-state index >= 15 is 0 Å². The van der Waals surface area contributed by atoms with Gasteiger partial charge in [0.25, 0.3) is 11.4 Å². The summed E-state index contributed by atoms with van der Waals surface area (Å²) >= 11 is 10.0. The number of carbonyl (C=O) groups is 2. The summed E-state index contributed by atoms with van der Waals surface area (Å²) in [7, 11) is 2.21. The van der Waals surface area contributed by atoms with Crippen molar-refractivity contribution in [3.8, 4) is 0 Å². The molecule has 0 fully saturated rings. The van der Waals surface area contributed by atoms with E-state index in [0.29, 0.717) is 0 Å². The van der Waals surface area contributed by atoms with E-state index in [1.165, 1.54) is 54.6 Å². The van der Waals surface area contributed by atoms with Gasteiger partial charge in [-0.2, -0.15) is 26.3 Å². The Kier molecular flexibility index (Phi) is 14.5. The summed E-state index contributed by atoms with van der Waals surface area (Å²) < 4.78 is 83.9. The largest absolute Gasteiger partial charge is 0.465 e. The van der Waals surface area contributed by atoms with Crippen molar-refractivity contribution in [1.82, 2.24) is 0 Å². The van der Waals surface area contributed by atoms with Crippen LogP contribution in [0.3, 0.4) is 0 Å². The number of esters is 2. The van der Waals surface area contributed by atoms with Gasteiger partial charge in [-0.05, 0) is 48.5 Å². The number of rotatable bonds is 6. The Morgan fingerprint density at radius 3 is 1.61 bits per heavy atom. The quantitative estimate of drug-likeness (QED) is 0.0671. The number of hydrogen-bond donors (Lipinski definition) is 1. The molecule has 0 aliphatic rings. The van der Waals surface area contributed by atoms with Crippen molar-refractivity contribution in [2.45, 2.75) is 27.0 Å². The standard InChI is InChI=1S/C15H10F3NO4S.C8H6ClNO4.C7H5F3S/c1-23-14(20)10-8-9(6-7-12(10)19(21)22)24-13-5-3-2-4-11(13)15(16,17)18;1-14-8(11)6-4-5(9)2-3-7(6)10(12)13;8-7(9,10)5-3-1-2-4-6(5)11/h2-8H,1H3;2-4H,1H3;1-4,11H. The Hall–Kier alpha value is -4.81. The maximum Gasteiger partial charge on any atom is 0.417 e. The van der Waals surface area contributed by atoms with Crippen molar-refractivity contribution in [3.63, 3.8) is 0 Å². The highest BCUT2D eigenvalue weighted by molar-refractivity contribution is 7.99. The topological polar surface area (TPSA) is 139 Å². The van der Waals surface area contributed by atoms with Crippen LogP contribution in [0.25, 0.3) is 0 Å². The van der Waals surface area contributed by atoms with Crippen LogP contribution < -0.4 is 0 Å². The lowest BCUT2D eigenvalue weighted by molar-refractivity contribution is -0.385. The zero-order chi connectivity index (χ0) is 37.1. The SMILES string of the molecule is COC(=O)c1cc(Cl)ccc1[N+](=O)[O-].COC(=O)c1cc(Sc2ccccc2C(F)(F)F)ccc1[N+](=O)[O-].FC(F)(F)c1ccccc1S. The molecular formula is C30H21ClF6N2O8S2. The molecule has 0 aliphatic heterocycles. The fraction of sp³-hybridized carbons (Fsp3) is 0.133. The predicted octanol–water partition coefficient (Wildman–Crippen LogP) is 9.58. The molecule has 19 heteroatoms. The Bertz CT molecular complexity index is 1840. The lowest BCUT2D eigenvalue weighted by Gasteiger charge is -2.12. The molecule has 0 atom stereocenters. The van der Waals surface area contributed by atoms with Crippen molar-refractivity contribution in [2.24, 2.45) is 0 Å². The number of alkyl halides is 6. The van der Waals surface area contributed by atoms with Gasteiger partial charge in [-0.1, -0.05) is 47.6 Å². The van der Waals surface area contributed by atoms with Crippen LogP contribution >= 0.6 is 36.0 Å². The molecule has 0 saturated heterocycles. The predicted molar refractivity (Wildman–Crippen MR) is 168 cm³/mol. The third kappa shape index (κ3) is 11.7. The summed E-state index contributed by atoms with van der Waals surface area (Å²) in [4.78, 5) is 42.9. The zero-order valence-electron chi connectivity index (χ0n) is 24.7. The highest BCUT2D eigenvalue weighted by atomic mass is 35.5. The summed E-state index contributed by atoms with van der Waals surface area (Å²) in [6.07, 6.45) is -8.83. The van der Waals surface area contributed by atoms with E-state index < -0.39 is 51.0 Å². The van der Waals surface area contributed by atoms with Gasteiger partial charge in [0, 0.05) is 31.8 Å². The van der Waals surface area contributed by atoms with Crippen molar-refractivity contribution < 1.29 is 55.3 Å². The van der Waals surface area contributed by atoms with Crippen LogP contribution in [0.15, 0.2) is 99.6 Å². The second kappa shape index (κ2) is 17.5. The summed E-state index contributed by atoms with van der Waals surface area (Å²) in [6, 6.07) is 17.3. The molecule has 49 heavy (non-hydrogen) atoms. The van der Waals surface area contributed by atoms with Gasteiger partial charge in [-0.3, -0.25) is 20.2 Å². The molecule has 0 bridgehead atoms. The van der Waals surface area contributed by atoms with Crippen molar-refractivity contribution in [2.75, 3.05) is 14.2 Å². The van der Waals surface area contributed by atoms with E-state index in [1.54, 1.807) is 0 Å². The molecule has 4 aromatic carbocycles. The molecule has 0 aliphatic carbocycles. The Morgan fingerprint density at radius 1 is 0.714 bits per heavy atom. The second-order valence-electron chi connectivity index (χ2n) is 8.95. The number of thiol groups is 1. The van der Waals surface area contributed by atoms with E-state index in [2.05, 4.69) is 22.1 Å². The number of carbonyl (C=O) groups excluding carboxylic acids is 2.